The van der Waals surface area contributed by atoms with E-state index in [0.717, 1.165) is 0 Å². The van der Waals surface area contributed by atoms with E-state index >= 15 is 0 Å². The van der Waals surface area contributed by atoms with Crippen LogP contribution < -0.4 is 10.2 Å². The second-order valence-corrected chi connectivity index (χ2v) is 6.99. The van der Waals surface area contributed by atoms with Gasteiger partial charge in [-0.25, -0.2) is 8.78 Å². The third kappa shape index (κ3) is 4.28. The van der Waals surface area contributed by atoms with Crippen LogP contribution in [-0.4, -0.2) is 45.2 Å². The van der Waals surface area contributed by atoms with Crippen molar-refractivity contribution in [2.45, 2.75) is 18.6 Å². The van der Waals surface area contributed by atoms with Gasteiger partial charge in [-0.1, -0.05) is 6.07 Å². The zero-order chi connectivity index (χ0) is 20.4. The highest BCUT2D eigenvalue weighted by atomic mass is 19.1. The van der Waals surface area contributed by atoms with E-state index in [2.05, 4.69) is 10.3 Å². The molecule has 8 heteroatoms. The van der Waals surface area contributed by atoms with Crippen LogP contribution in [-0.2, 0) is 14.3 Å². The second kappa shape index (κ2) is 8.26. The van der Waals surface area contributed by atoms with Gasteiger partial charge < -0.3 is 19.7 Å². The molecule has 2 aliphatic rings. The molecule has 0 aliphatic carbocycles. The lowest BCUT2D eigenvalue weighted by Gasteiger charge is -2.21. The average Bonchev–Trinajstić information content (AvgIpc) is 3.31. The van der Waals surface area contributed by atoms with Crippen LogP contribution in [0.4, 0.5) is 25.8 Å². The van der Waals surface area contributed by atoms with Crippen LogP contribution in [0, 0.1) is 11.6 Å². The van der Waals surface area contributed by atoms with Crippen LogP contribution in [0.2, 0.25) is 0 Å². The average molecular weight is 401 g/mol. The molecule has 29 heavy (non-hydrogen) atoms. The van der Waals surface area contributed by atoms with Crippen molar-refractivity contribution < 1.29 is 23.0 Å². The van der Waals surface area contributed by atoms with Crippen LogP contribution >= 0.6 is 0 Å². The van der Waals surface area contributed by atoms with E-state index in [1.54, 1.807) is 30.1 Å². The van der Waals surface area contributed by atoms with E-state index in [-0.39, 0.29) is 12.2 Å². The summed E-state index contributed by atoms with van der Waals surface area (Å²) >= 11 is 0. The predicted octanol–water partition coefficient (Wildman–Crippen LogP) is 3.60. The summed E-state index contributed by atoms with van der Waals surface area (Å²) in [6.07, 6.45) is 1.86. The number of carbonyl (C=O) groups is 1. The van der Waals surface area contributed by atoms with E-state index in [0.29, 0.717) is 48.8 Å². The van der Waals surface area contributed by atoms with Crippen LogP contribution in [0.1, 0.15) is 17.9 Å². The highest BCUT2D eigenvalue weighted by Gasteiger charge is 2.29. The number of halogens is 2. The Bertz CT molecular complexity index is 945. The Morgan fingerprint density at radius 2 is 2.00 bits per heavy atom. The third-order valence-electron chi connectivity index (χ3n) is 5.00. The minimum atomic E-state index is -0.637. The molecule has 0 aromatic heterocycles. The van der Waals surface area contributed by atoms with Crippen molar-refractivity contribution in [1.82, 2.24) is 0 Å². The number of carbonyl (C=O) groups excluding carboxylic acids is 1. The zero-order valence-corrected chi connectivity index (χ0v) is 15.9. The van der Waals surface area contributed by atoms with Gasteiger partial charge in [0.05, 0.1) is 24.6 Å². The number of aliphatic imine (C=N–C) groups is 1. The number of hydrogen-bond acceptors (Lipinski definition) is 5. The van der Waals surface area contributed by atoms with Gasteiger partial charge in [-0.3, -0.25) is 9.79 Å². The highest BCUT2D eigenvalue weighted by molar-refractivity contribution is 6.12. The lowest BCUT2D eigenvalue weighted by molar-refractivity contribution is -0.115. The van der Waals surface area contributed by atoms with Gasteiger partial charge in [0, 0.05) is 38.0 Å². The van der Waals surface area contributed by atoms with Crippen molar-refractivity contribution in [3.05, 3.63) is 53.6 Å². The van der Waals surface area contributed by atoms with Gasteiger partial charge in [-0.2, -0.15) is 0 Å². The maximum atomic E-state index is 14.6. The lowest BCUT2D eigenvalue weighted by Crippen LogP contribution is -2.24. The fourth-order valence-corrected chi connectivity index (χ4v) is 3.45. The number of nitrogens with one attached hydrogen (secondary N) is 1. The molecule has 0 spiro atoms. The van der Waals surface area contributed by atoms with Crippen LogP contribution in [0.15, 0.2) is 41.4 Å². The first-order valence-corrected chi connectivity index (χ1v) is 9.39. The standard InChI is InChI=1S/C21H21F2N3O3/c1-26(7-6-20-28-8-9-29-20)19-5-3-14(11-17(19)23)24-12-16-15-4-2-13(22)10-18(15)25-21(16)27/h2-5,10-12,16,20H,6-9H2,1H3,(H,25,27). The molecule has 1 N–H and O–H groups in total. The molecule has 4 rings (SSSR count). The number of benzene rings is 2. The molecule has 152 valence electrons. The molecule has 0 radical (unpaired) electrons. The summed E-state index contributed by atoms with van der Waals surface area (Å²) in [5, 5.41) is 2.63. The second-order valence-electron chi connectivity index (χ2n) is 6.99. The molecule has 2 aromatic carbocycles. The quantitative estimate of drug-likeness (QED) is 0.752. The van der Waals surface area contributed by atoms with Crippen LogP contribution in [0.3, 0.4) is 0 Å². The minimum absolute atomic E-state index is 0.238. The molecular weight excluding hydrogens is 380 g/mol. The maximum absolute atomic E-state index is 14.6. The SMILES string of the molecule is CN(CCC1OCCO1)c1ccc(N=CC2C(=O)Nc3cc(F)ccc32)cc1F. The Morgan fingerprint density at radius 1 is 1.21 bits per heavy atom. The summed E-state index contributed by atoms with van der Waals surface area (Å²) < 4.78 is 38.7. The van der Waals surface area contributed by atoms with E-state index < -0.39 is 17.6 Å². The highest BCUT2D eigenvalue weighted by Crippen LogP contribution is 2.32. The van der Waals surface area contributed by atoms with Crippen molar-refractivity contribution in [2.24, 2.45) is 4.99 Å². The van der Waals surface area contributed by atoms with Crippen molar-refractivity contribution >= 4 is 29.2 Å². The first-order valence-electron chi connectivity index (χ1n) is 9.39. The lowest BCUT2D eigenvalue weighted by atomic mass is 10.0. The van der Waals surface area contributed by atoms with Gasteiger partial charge in [0.15, 0.2) is 6.29 Å². The molecule has 1 atom stereocenters. The summed E-state index contributed by atoms with van der Waals surface area (Å²) in [6.45, 7) is 1.77. The topological polar surface area (TPSA) is 63.2 Å². The Labute approximate surface area is 167 Å². The van der Waals surface area contributed by atoms with Gasteiger partial charge in [-0.05, 0) is 29.8 Å². The van der Waals surface area contributed by atoms with E-state index in [4.69, 9.17) is 9.47 Å². The summed E-state index contributed by atoms with van der Waals surface area (Å²) in [7, 11) is 1.80. The number of rotatable bonds is 6. The number of nitrogens with zero attached hydrogens (tertiary/aromatic N) is 2. The first kappa shape index (κ1) is 19.5. The smallest absolute Gasteiger partial charge is 0.237 e. The Morgan fingerprint density at radius 3 is 2.76 bits per heavy atom. The number of hydrogen-bond donors (Lipinski definition) is 1. The molecule has 0 saturated carbocycles. The number of anilines is 2. The van der Waals surface area contributed by atoms with E-state index in [9.17, 15) is 13.6 Å². The molecule has 2 aromatic rings. The monoisotopic (exact) mass is 401 g/mol. The van der Waals surface area contributed by atoms with Gasteiger partial charge in [0.25, 0.3) is 0 Å². The van der Waals surface area contributed by atoms with Crippen molar-refractivity contribution in [3.63, 3.8) is 0 Å². The molecule has 0 bridgehead atoms. The van der Waals surface area contributed by atoms with Crippen LogP contribution in [0.5, 0.6) is 0 Å². The third-order valence-corrected chi connectivity index (χ3v) is 5.00. The fourth-order valence-electron chi connectivity index (χ4n) is 3.45. The molecular formula is C21H21F2N3O3. The van der Waals surface area contributed by atoms with Crippen molar-refractivity contribution in [2.75, 3.05) is 37.0 Å². The van der Waals surface area contributed by atoms with E-state index in [1.807, 2.05) is 0 Å². The maximum Gasteiger partial charge on any atom is 0.237 e. The van der Waals surface area contributed by atoms with E-state index in [1.165, 1.54) is 24.4 Å². The van der Waals surface area contributed by atoms with Crippen molar-refractivity contribution in [1.29, 1.82) is 0 Å². The van der Waals surface area contributed by atoms with Gasteiger partial charge >= 0.3 is 0 Å². The summed E-state index contributed by atoms with van der Waals surface area (Å²) in [5.41, 5.74) is 1.92. The zero-order valence-electron chi connectivity index (χ0n) is 15.9. The number of fused-ring (bicyclic) bond motifs is 1. The van der Waals surface area contributed by atoms with Gasteiger partial charge in [0.2, 0.25) is 5.91 Å². The predicted molar refractivity (Wildman–Crippen MR) is 106 cm³/mol. The Kier molecular flexibility index (Phi) is 5.55. The molecule has 1 amide bonds. The molecule has 2 aliphatic heterocycles. The summed E-state index contributed by atoms with van der Waals surface area (Å²) in [6, 6.07) is 8.78. The van der Waals surface area contributed by atoms with Gasteiger partial charge in [-0.15, -0.1) is 0 Å². The molecule has 1 unspecified atom stereocenters. The molecule has 1 fully saturated rings. The Balaban J connectivity index is 1.43. The number of amides is 1. The van der Waals surface area contributed by atoms with Gasteiger partial charge in [0.1, 0.15) is 17.6 Å². The summed E-state index contributed by atoms with van der Waals surface area (Å²) in [4.78, 5) is 18.2. The van der Waals surface area contributed by atoms with Crippen LogP contribution in [0.25, 0.3) is 0 Å². The Hall–Kier alpha value is -2.84. The largest absolute Gasteiger partial charge is 0.372 e. The number of ether oxygens (including phenoxy) is 2. The molecule has 1 saturated heterocycles. The van der Waals surface area contributed by atoms with Crippen molar-refractivity contribution in [3.8, 4) is 0 Å². The molecule has 2 heterocycles. The normalized spacial score (nSPS) is 19.0. The fraction of sp³-hybridized carbons (Fsp3) is 0.333. The minimum Gasteiger partial charge on any atom is -0.372 e. The first-order chi connectivity index (χ1) is 14.0. The summed E-state index contributed by atoms with van der Waals surface area (Å²) in [5.74, 6) is -1.76. The molecule has 6 nitrogen and oxygen atoms in total.